The zero-order chi connectivity index (χ0) is 16.4. The van der Waals surface area contributed by atoms with Crippen molar-refractivity contribution in [3.63, 3.8) is 0 Å². The van der Waals surface area contributed by atoms with E-state index >= 15 is 0 Å². The van der Waals surface area contributed by atoms with Gasteiger partial charge >= 0.3 is 0 Å². The van der Waals surface area contributed by atoms with E-state index in [1.165, 1.54) is 0 Å². The second-order valence-electron chi connectivity index (χ2n) is 6.64. The minimum atomic E-state index is -3.26. The third-order valence-corrected chi connectivity index (χ3v) is 6.98. The van der Waals surface area contributed by atoms with Crippen LogP contribution in [0.15, 0.2) is 24.3 Å². The van der Waals surface area contributed by atoms with Crippen LogP contribution in [0.25, 0.3) is 0 Å². The molecule has 5 heteroatoms. The van der Waals surface area contributed by atoms with Gasteiger partial charge in [0.2, 0.25) is 0 Å². The highest BCUT2D eigenvalue weighted by molar-refractivity contribution is 7.93. The van der Waals surface area contributed by atoms with Crippen LogP contribution in [0.2, 0.25) is 0 Å². The number of hydrogen-bond donors (Lipinski definition) is 0. The first-order valence-corrected chi connectivity index (χ1v) is 9.39. The minimum absolute atomic E-state index is 0.237. The molecule has 124 valence electrons. The second-order valence-corrected chi connectivity index (χ2v) is 9.45. The summed E-state index contributed by atoms with van der Waals surface area (Å²) >= 11 is 0. The van der Waals surface area contributed by atoms with E-state index in [4.69, 9.17) is 9.47 Å². The Morgan fingerprint density at radius 1 is 1.14 bits per heavy atom. The van der Waals surface area contributed by atoms with Gasteiger partial charge in [0.05, 0.1) is 25.1 Å². The van der Waals surface area contributed by atoms with Crippen molar-refractivity contribution in [2.24, 2.45) is 5.92 Å². The van der Waals surface area contributed by atoms with Gasteiger partial charge in [0.25, 0.3) is 0 Å². The zero-order valence-corrected chi connectivity index (χ0v) is 14.7. The van der Waals surface area contributed by atoms with Gasteiger partial charge in [-0.15, -0.1) is 0 Å². The first-order valence-electron chi connectivity index (χ1n) is 7.84. The highest BCUT2D eigenvalue weighted by Gasteiger charge is 2.52. The molecule has 0 amide bonds. The molecule has 0 aromatic heterocycles. The highest BCUT2D eigenvalue weighted by Crippen LogP contribution is 2.40. The monoisotopic (exact) mass is 326 g/mol. The van der Waals surface area contributed by atoms with Gasteiger partial charge in [0.1, 0.15) is 10.5 Å². The summed E-state index contributed by atoms with van der Waals surface area (Å²) in [5.74, 6) is 1.38. The van der Waals surface area contributed by atoms with Crippen LogP contribution in [-0.2, 0) is 19.3 Å². The van der Waals surface area contributed by atoms with Crippen molar-refractivity contribution in [3.05, 3.63) is 29.8 Å². The van der Waals surface area contributed by atoms with Crippen molar-refractivity contribution in [1.29, 1.82) is 0 Å². The minimum Gasteiger partial charge on any atom is -0.494 e. The van der Waals surface area contributed by atoms with Gasteiger partial charge in [-0.3, -0.25) is 0 Å². The number of sulfone groups is 1. The Kier molecular flexibility index (Phi) is 5.17. The molecule has 0 N–H and O–H groups in total. The summed E-state index contributed by atoms with van der Waals surface area (Å²) in [4.78, 5) is 0. The fraction of sp³-hybridized carbons (Fsp3) is 0.647. The molecule has 0 atom stereocenters. The van der Waals surface area contributed by atoms with Gasteiger partial charge in [-0.25, -0.2) is 8.42 Å². The van der Waals surface area contributed by atoms with Gasteiger partial charge in [0.15, 0.2) is 9.84 Å². The molecule has 1 fully saturated rings. The van der Waals surface area contributed by atoms with E-state index in [-0.39, 0.29) is 13.2 Å². The van der Waals surface area contributed by atoms with Crippen molar-refractivity contribution < 1.29 is 17.9 Å². The normalized spacial score (nSPS) is 17.5. The lowest BCUT2D eigenvalue weighted by molar-refractivity contribution is -0.0163. The number of hydrogen-bond acceptors (Lipinski definition) is 4. The molecule has 1 saturated heterocycles. The van der Waals surface area contributed by atoms with Crippen LogP contribution in [0.5, 0.6) is 5.75 Å². The zero-order valence-electron chi connectivity index (χ0n) is 13.8. The standard InChI is InChI=1S/C17H26O4S/c1-13(2)9-10-21-16-7-5-15(6-8-16)17(11-20-12-17)22(18,19)14(3)4/h5-8,13-14H,9-12H2,1-4H3. The molecule has 1 aromatic rings. The van der Waals surface area contributed by atoms with Gasteiger partial charge < -0.3 is 9.47 Å². The first kappa shape index (κ1) is 17.3. The van der Waals surface area contributed by atoms with E-state index in [9.17, 15) is 8.42 Å². The summed E-state index contributed by atoms with van der Waals surface area (Å²) in [7, 11) is -3.26. The molecule has 0 bridgehead atoms. The molecule has 1 aromatic carbocycles. The quantitative estimate of drug-likeness (QED) is 0.772. The van der Waals surface area contributed by atoms with Crippen molar-refractivity contribution >= 4 is 9.84 Å². The average molecular weight is 326 g/mol. The summed E-state index contributed by atoms with van der Waals surface area (Å²) in [5, 5.41) is -0.418. The first-order chi connectivity index (χ1) is 10.3. The Balaban J connectivity index is 2.15. The van der Waals surface area contributed by atoms with Crippen molar-refractivity contribution in [2.75, 3.05) is 19.8 Å². The molecule has 0 spiro atoms. The molecular formula is C17H26O4S. The van der Waals surface area contributed by atoms with Gasteiger partial charge in [-0.1, -0.05) is 26.0 Å². The molecule has 22 heavy (non-hydrogen) atoms. The number of benzene rings is 1. The van der Waals surface area contributed by atoms with E-state index in [2.05, 4.69) is 13.8 Å². The van der Waals surface area contributed by atoms with Crippen LogP contribution in [0.1, 0.15) is 39.7 Å². The predicted molar refractivity (Wildman–Crippen MR) is 87.9 cm³/mol. The molecule has 4 nitrogen and oxygen atoms in total. The maximum absolute atomic E-state index is 12.7. The lowest BCUT2D eigenvalue weighted by Gasteiger charge is -2.42. The number of ether oxygens (including phenoxy) is 2. The summed E-state index contributed by atoms with van der Waals surface area (Å²) in [6.45, 7) is 8.91. The Morgan fingerprint density at radius 2 is 1.73 bits per heavy atom. The molecule has 2 rings (SSSR count). The maximum atomic E-state index is 12.7. The summed E-state index contributed by atoms with van der Waals surface area (Å²) < 4.78 is 35.3. The summed E-state index contributed by atoms with van der Waals surface area (Å²) in [6.07, 6.45) is 1.00. The highest BCUT2D eigenvalue weighted by atomic mass is 32.2. The Morgan fingerprint density at radius 3 is 2.14 bits per heavy atom. The Bertz CT molecular complexity index is 584. The molecule has 1 aliphatic heterocycles. The fourth-order valence-electron chi connectivity index (χ4n) is 2.50. The average Bonchev–Trinajstić information content (AvgIpc) is 2.38. The molecular weight excluding hydrogens is 300 g/mol. The lowest BCUT2D eigenvalue weighted by Crippen LogP contribution is -2.55. The topological polar surface area (TPSA) is 52.6 Å². The third-order valence-electron chi connectivity index (χ3n) is 4.18. The Hall–Kier alpha value is -1.07. The van der Waals surface area contributed by atoms with Gasteiger partial charge in [0, 0.05) is 0 Å². The van der Waals surface area contributed by atoms with E-state index in [0.29, 0.717) is 12.5 Å². The van der Waals surface area contributed by atoms with Crippen LogP contribution < -0.4 is 4.74 Å². The summed E-state index contributed by atoms with van der Waals surface area (Å²) in [5.41, 5.74) is 0.795. The lowest BCUT2D eigenvalue weighted by atomic mass is 9.96. The molecule has 0 saturated carbocycles. The molecule has 0 aliphatic carbocycles. The fourth-order valence-corrected chi connectivity index (χ4v) is 4.36. The van der Waals surface area contributed by atoms with Crippen LogP contribution in [0, 0.1) is 5.92 Å². The molecule has 1 heterocycles. The van der Waals surface area contributed by atoms with E-state index < -0.39 is 19.8 Å². The van der Waals surface area contributed by atoms with Crippen LogP contribution >= 0.6 is 0 Å². The van der Waals surface area contributed by atoms with Crippen LogP contribution in [-0.4, -0.2) is 33.5 Å². The maximum Gasteiger partial charge on any atom is 0.167 e. The number of rotatable bonds is 7. The predicted octanol–water partition coefficient (Wildman–Crippen LogP) is 3.16. The van der Waals surface area contributed by atoms with Crippen LogP contribution in [0.3, 0.4) is 0 Å². The van der Waals surface area contributed by atoms with Crippen molar-refractivity contribution in [2.45, 2.75) is 44.1 Å². The van der Waals surface area contributed by atoms with E-state index in [1.54, 1.807) is 13.8 Å². The van der Waals surface area contributed by atoms with E-state index in [1.807, 2.05) is 24.3 Å². The van der Waals surface area contributed by atoms with Crippen LogP contribution in [0.4, 0.5) is 0 Å². The molecule has 0 radical (unpaired) electrons. The van der Waals surface area contributed by atoms with Gasteiger partial charge in [-0.05, 0) is 43.9 Å². The van der Waals surface area contributed by atoms with Gasteiger partial charge in [-0.2, -0.15) is 0 Å². The second kappa shape index (κ2) is 6.59. The van der Waals surface area contributed by atoms with Crippen molar-refractivity contribution in [1.82, 2.24) is 0 Å². The SMILES string of the molecule is CC(C)CCOc1ccc(C2(S(=O)(=O)C(C)C)COC2)cc1. The molecule has 1 aliphatic rings. The summed E-state index contributed by atoms with van der Waals surface area (Å²) in [6, 6.07) is 7.41. The van der Waals surface area contributed by atoms with Crippen molar-refractivity contribution in [3.8, 4) is 5.75 Å². The molecule has 0 unspecified atom stereocenters. The smallest absolute Gasteiger partial charge is 0.167 e. The van der Waals surface area contributed by atoms with E-state index in [0.717, 1.165) is 17.7 Å². The Labute approximate surface area is 133 Å². The largest absolute Gasteiger partial charge is 0.494 e. The third kappa shape index (κ3) is 3.15.